The standard InChI is InChI=1S/C15H17NO7/c16-9(6-8-4-2-1-3-5-8)14(20)23-13-11(19)15(21)22-12(13)10(18)7-17/h1-5,9-10,12,17-19H,6-7,16H2/t9-,10-,12+/m0/s1. The van der Waals surface area contributed by atoms with Gasteiger partial charge in [-0.3, -0.25) is 0 Å². The Morgan fingerprint density at radius 3 is 2.61 bits per heavy atom. The number of rotatable bonds is 6. The minimum atomic E-state index is -1.53. The molecule has 0 bridgehead atoms. The van der Waals surface area contributed by atoms with Crippen LogP contribution in [0.2, 0.25) is 0 Å². The van der Waals surface area contributed by atoms with Gasteiger partial charge in [0.1, 0.15) is 12.1 Å². The fourth-order valence-corrected chi connectivity index (χ4v) is 2.05. The molecule has 8 nitrogen and oxygen atoms in total. The summed E-state index contributed by atoms with van der Waals surface area (Å²) in [6.45, 7) is -0.748. The largest absolute Gasteiger partial charge is 0.499 e. The maximum absolute atomic E-state index is 12.0. The fourth-order valence-electron chi connectivity index (χ4n) is 2.05. The molecule has 1 aromatic carbocycles. The molecule has 0 spiro atoms. The normalized spacial score (nSPS) is 20.1. The van der Waals surface area contributed by atoms with Gasteiger partial charge in [-0.2, -0.15) is 0 Å². The third kappa shape index (κ3) is 3.86. The summed E-state index contributed by atoms with van der Waals surface area (Å²) in [5.74, 6) is -3.53. The number of cyclic esters (lactones) is 1. The van der Waals surface area contributed by atoms with E-state index in [1.807, 2.05) is 6.07 Å². The topological polar surface area (TPSA) is 139 Å². The molecule has 0 amide bonds. The van der Waals surface area contributed by atoms with Crippen LogP contribution in [-0.4, -0.2) is 52.1 Å². The highest BCUT2D eigenvalue weighted by atomic mass is 16.6. The summed E-state index contributed by atoms with van der Waals surface area (Å²) < 4.78 is 9.56. The van der Waals surface area contributed by atoms with E-state index in [2.05, 4.69) is 4.74 Å². The number of carbonyl (C=O) groups excluding carboxylic acids is 2. The van der Waals surface area contributed by atoms with Gasteiger partial charge in [-0.05, 0) is 12.0 Å². The molecule has 0 radical (unpaired) electrons. The number of carbonyl (C=O) groups is 2. The summed E-state index contributed by atoms with van der Waals surface area (Å²) in [6.07, 6.45) is -2.80. The number of ether oxygens (including phenoxy) is 2. The van der Waals surface area contributed by atoms with E-state index in [1.54, 1.807) is 24.3 Å². The van der Waals surface area contributed by atoms with E-state index in [9.17, 15) is 19.8 Å². The Morgan fingerprint density at radius 2 is 2.00 bits per heavy atom. The van der Waals surface area contributed by atoms with Crippen LogP contribution < -0.4 is 5.73 Å². The molecule has 1 heterocycles. The van der Waals surface area contributed by atoms with E-state index >= 15 is 0 Å². The van der Waals surface area contributed by atoms with Gasteiger partial charge in [-0.15, -0.1) is 0 Å². The first-order valence-corrected chi connectivity index (χ1v) is 6.88. The Hall–Kier alpha value is -2.42. The lowest BCUT2D eigenvalue weighted by Gasteiger charge is -2.18. The van der Waals surface area contributed by atoms with Gasteiger partial charge in [0.15, 0.2) is 6.10 Å². The van der Waals surface area contributed by atoms with Gasteiger partial charge in [0, 0.05) is 0 Å². The molecule has 3 atom stereocenters. The zero-order valence-electron chi connectivity index (χ0n) is 12.1. The minimum absolute atomic E-state index is 0.190. The molecule has 8 heteroatoms. The Morgan fingerprint density at radius 1 is 1.35 bits per heavy atom. The van der Waals surface area contributed by atoms with Crippen LogP contribution in [0, 0.1) is 0 Å². The zero-order valence-corrected chi connectivity index (χ0v) is 12.1. The second kappa shape index (κ2) is 7.23. The maximum Gasteiger partial charge on any atom is 0.378 e. The van der Waals surface area contributed by atoms with E-state index in [-0.39, 0.29) is 6.42 Å². The molecule has 1 aromatic rings. The van der Waals surface area contributed by atoms with Crippen molar-refractivity contribution in [2.75, 3.05) is 6.61 Å². The third-order valence-corrected chi connectivity index (χ3v) is 3.27. The van der Waals surface area contributed by atoms with Crippen molar-refractivity contribution in [3.8, 4) is 0 Å². The molecule has 1 aliphatic heterocycles. The molecule has 0 aromatic heterocycles. The van der Waals surface area contributed by atoms with Crippen LogP contribution in [-0.2, 0) is 25.5 Å². The summed E-state index contributed by atoms with van der Waals surface area (Å²) in [7, 11) is 0. The Bertz CT molecular complexity index is 614. The van der Waals surface area contributed by atoms with E-state index in [4.69, 9.17) is 15.6 Å². The lowest BCUT2D eigenvalue weighted by molar-refractivity contribution is -0.151. The van der Waals surface area contributed by atoms with Crippen molar-refractivity contribution >= 4 is 11.9 Å². The molecular formula is C15H17NO7. The molecule has 1 aliphatic rings. The first-order valence-electron chi connectivity index (χ1n) is 6.88. The third-order valence-electron chi connectivity index (χ3n) is 3.27. The molecule has 0 saturated carbocycles. The van der Waals surface area contributed by atoms with Crippen LogP contribution in [0.4, 0.5) is 0 Å². The number of esters is 2. The first kappa shape index (κ1) is 16.9. The molecule has 0 fully saturated rings. The van der Waals surface area contributed by atoms with Gasteiger partial charge >= 0.3 is 11.9 Å². The summed E-state index contributed by atoms with van der Waals surface area (Å²) in [6, 6.07) is 7.92. The van der Waals surface area contributed by atoms with Gasteiger partial charge < -0.3 is 30.5 Å². The zero-order chi connectivity index (χ0) is 17.0. The molecule has 23 heavy (non-hydrogen) atoms. The van der Waals surface area contributed by atoms with Gasteiger partial charge in [0.25, 0.3) is 0 Å². The number of benzene rings is 1. The van der Waals surface area contributed by atoms with Gasteiger partial charge in [-0.1, -0.05) is 30.3 Å². The second-order valence-electron chi connectivity index (χ2n) is 5.01. The predicted octanol–water partition coefficient (Wildman–Crippen LogP) is -0.852. The van der Waals surface area contributed by atoms with Gasteiger partial charge in [0.2, 0.25) is 11.5 Å². The number of hydrogen-bond donors (Lipinski definition) is 4. The summed E-state index contributed by atoms with van der Waals surface area (Å²) in [5, 5.41) is 28.1. The van der Waals surface area contributed by atoms with Crippen molar-refractivity contribution in [3.63, 3.8) is 0 Å². The van der Waals surface area contributed by atoms with Crippen LogP contribution in [0.5, 0.6) is 0 Å². The van der Waals surface area contributed by atoms with Crippen LogP contribution in [0.3, 0.4) is 0 Å². The van der Waals surface area contributed by atoms with Gasteiger partial charge in [0.05, 0.1) is 6.61 Å². The highest BCUT2D eigenvalue weighted by Crippen LogP contribution is 2.25. The van der Waals surface area contributed by atoms with E-state index in [1.165, 1.54) is 0 Å². The minimum Gasteiger partial charge on any atom is -0.499 e. The number of nitrogens with two attached hydrogens (primary N) is 1. The molecule has 124 valence electrons. The quantitative estimate of drug-likeness (QED) is 0.496. The highest BCUT2D eigenvalue weighted by Gasteiger charge is 2.42. The van der Waals surface area contributed by atoms with Crippen molar-refractivity contribution in [1.29, 1.82) is 0 Å². The summed E-state index contributed by atoms with van der Waals surface area (Å²) in [4.78, 5) is 23.3. The van der Waals surface area contributed by atoms with Crippen molar-refractivity contribution in [1.82, 2.24) is 0 Å². The number of hydrogen-bond acceptors (Lipinski definition) is 8. The van der Waals surface area contributed by atoms with Crippen LogP contribution in [0.15, 0.2) is 41.9 Å². The van der Waals surface area contributed by atoms with E-state index < -0.39 is 48.3 Å². The molecule has 0 saturated heterocycles. The van der Waals surface area contributed by atoms with Crippen molar-refractivity contribution in [2.45, 2.75) is 24.7 Å². The molecule has 2 rings (SSSR count). The van der Waals surface area contributed by atoms with Crippen LogP contribution in [0.1, 0.15) is 5.56 Å². The summed E-state index contributed by atoms with van der Waals surface area (Å²) >= 11 is 0. The Kier molecular flexibility index (Phi) is 5.32. The van der Waals surface area contributed by atoms with Crippen LogP contribution in [0.25, 0.3) is 0 Å². The smallest absolute Gasteiger partial charge is 0.378 e. The van der Waals surface area contributed by atoms with Crippen molar-refractivity contribution < 1.29 is 34.4 Å². The average molecular weight is 323 g/mol. The van der Waals surface area contributed by atoms with Crippen LogP contribution >= 0.6 is 0 Å². The first-order chi connectivity index (χ1) is 10.9. The fraction of sp³-hybridized carbons (Fsp3) is 0.333. The second-order valence-corrected chi connectivity index (χ2v) is 5.01. The SMILES string of the molecule is N[C@@H](Cc1ccccc1)C(=O)OC1=C(O)C(=O)O[C@@H]1[C@@H](O)CO. The lowest BCUT2D eigenvalue weighted by Crippen LogP contribution is -2.38. The van der Waals surface area contributed by atoms with Gasteiger partial charge in [-0.25, -0.2) is 9.59 Å². The van der Waals surface area contributed by atoms with E-state index in [0.717, 1.165) is 5.56 Å². The van der Waals surface area contributed by atoms with E-state index in [0.29, 0.717) is 0 Å². The molecular weight excluding hydrogens is 306 g/mol. The average Bonchev–Trinajstić information content (AvgIpc) is 2.83. The number of aliphatic hydroxyl groups is 3. The highest BCUT2D eigenvalue weighted by molar-refractivity contribution is 5.90. The molecule has 0 unspecified atom stereocenters. The van der Waals surface area contributed by atoms with Crippen molar-refractivity contribution in [2.24, 2.45) is 5.73 Å². The Balaban J connectivity index is 2.06. The number of aliphatic hydroxyl groups excluding tert-OH is 3. The van der Waals surface area contributed by atoms with Crippen molar-refractivity contribution in [3.05, 3.63) is 47.4 Å². The maximum atomic E-state index is 12.0. The summed E-state index contributed by atoms with van der Waals surface area (Å²) in [5.41, 5.74) is 6.55. The molecule has 5 N–H and O–H groups in total. The lowest BCUT2D eigenvalue weighted by atomic mass is 10.1. The molecule has 0 aliphatic carbocycles. The monoisotopic (exact) mass is 323 g/mol. The Labute approximate surface area is 131 Å². The predicted molar refractivity (Wildman–Crippen MR) is 76.8 cm³/mol.